The molecule has 0 aliphatic rings. The molecule has 0 radical (unpaired) electrons. The van der Waals surface area contributed by atoms with Gasteiger partial charge in [-0.3, -0.25) is 15.0 Å². The minimum Gasteiger partial charge on any atom is -0.492 e. The first-order chi connectivity index (χ1) is 14.5. The van der Waals surface area contributed by atoms with Gasteiger partial charge in [-0.15, -0.1) is 0 Å². The summed E-state index contributed by atoms with van der Waals surface area (Å²) in [5, 5.41) is 7.42. The number of hydrogen-bond acceptors (Lipinski definition) is 4. The van der Waals surface area contributed by atoms with Crippen LogP contribution >= 0.6 is 0 Å². The topological polar surface area (TPSA) is 99.7 Å². The van der Waals surface area contributed by atoms with Gasteiger partial charge in [-0.05, 0) is 43.3 Å². The largest absolute Gasteiger partial charge is 0.492 e. The number of halogens is 3. The maximum atomic E-state index is 13.1. The van der Waals surface area contributed by atoms with Crippen molar-refractivity contribution in [2.24, 2.45) is 5.73 Å². The predicted molar refractivity (Wildman–Crippen MR) is 110 cm³/mol. The lowest BCUT2D eigenvalue weighted by Gasteiger charge is -2.24. The fraction of sp³-hybridized carbons (Fsp3) is 0.286. The molecule has 0 fully saturated rings. The van der Waals surface area contributed by atoms with E-state index < -0.39 is 12.1 Å². The monoisotopic (exact) mass is 436 g/mol. The molecule has 2 aromatic carbocycles. The average Bonchev–Trinajstić information content (AvgIpc) is 2.75. The second-order valence-corrected chi connectivity index (χ2v) is 6.61. The highest BCUT2D eigenvalue weighted by Crippen LogP contribution is 2.24. The molecule has 166 valence electrons. The molecule has 0 aliphatic heterocycles. The molecule has 0 saturated carbocycles. The van der Waals surface area contributed by atoms with E-state index in [-0.39, 0.29) is 30.6 Å². The molecule has 0 unspecified atom stereocenters. The van der Waals surface area contributed by atoms with Crippen molar-refractivity contribution < 1.29 is 27.5 Å². The van der Waals surface area contributed by atoms with E-state index in [0.29, 0.717) is 28.3 Å². The molecule has 10 heteroatoms. The van der Waals surface area contributed by atoms with Crippen molar-refractivity contribution in [1.82, 2.24) is 4.90 Å². The van der Waals surface area contributed by atoms with Crippen LogP contribution in [-0.2, 0) is 4.79 Å². The van der Waals surface area contributed by atoms with E-state index in [1.54, 1.807) is 32.2 Å². The molecule has 31 heavy (non-hydrogen) atoms. The Morgan fingerprint density at radius 1 is 1.10 bits per heavy atom. The first-order valence-electron chi connectivity index (χ1n) is 9.36. The van der Waals surface area contributed by atoms with Crippen LogP contribution in [0, 0.1) is 5.41 Å². The highest BCUT2D eigenvalue weighted by Gasteiger charge is 2.43. The van der Waals surface area contributed by atoms with Crippen LogP contribution in [0.25, 0.3) is 0 Å². The molecule has 2 amide bonds. The summed E-state index contributed by atoms with van der Waals surface area (Å²) >= 11 is 0. The van der Waals surface area contributed by atoms with Crippen LogP contribution in [0.3, 0.4) is 0 Å². The third-order valence-corrected chi connectivity index (χ3v) is 4.46. The number of carbonyl (C=O) groups excluding carboxylic acids is 2. The number of alkyl halides is 3. The van der Waals surface area contributed by atoms with Crippen molar-refractivity contribution in [1.29, 1.82) is 5.41 Å². The molecule has 0 bridgehead atoms. The van der Waals surface area contributed by atoms with E-state index in [1.165, 1.54) is 35.2 Å². The Morgan fingerprint density at radius 2 is 1.74 bits per heavy atom. The van der Waals surface area contributed by atoms with E-state index in [2.05, 4.69) is 0 Å². The van der Waals surface area contributed by atoms with Crippen LogP contribution in [0.5, 0.6) is 5.75 Å². The third kappa shape index (κ3) is 6.21. The molecule has 0 aliphatic carbocycles. The summed E-state index contributed by atoms with van der Waals surface area (Å²) < 4.78 is 44.8. The number of anilines is 1. The minimum absolute atomic E-state index is 0.0147. The normalized spacial score (nSPS) is 11.0. The number of amides is 2. The van der Waals surface area contributed by atoms with E-state index in [1.807, 2.05) is 0 Å². The van der Waals surface area contributed by atoms with Crippen LogP contribution in [-0.4, -0.2) is 55.5 Å². The Morgan fingerprint density at radius 3 is 2.29 bits per heavy atom. The number of nitrogen functional groups attached to an aromatic ring is 1. The number of hydrogen-bond donors (Lipinski definition) is 2. The second-order valence-electron chi connectivity index (χ2n) is 6.61. The van der Waals surface area contributed by atoms with Crippen molar-refractivity contribution in [3.05, 3.63) is 59.7 Å². The number of nitrogens with one attached hydrogen (secondary N) is 1. The van der Waals surface area contributed by atoms with Gasteiger partial charge in [0.25, 0.3) is 5.91 Å². The molecule has 0 saturated heterocycles. The predicted octanol–water partition coefficient (Wildman–Crippen LogP) is 3.04. The summed E-state index contributed by atoms with van der Waals surface area (Å²) in [6, 6.07) is 11.5. The summed E-state index contributed by atoms with van der Waals surface area (Å²) in [7, 11) is 1.61. The quantitative estimate of drug-likeness (QED) is 0.491. The van der Waals surface area contributed by atoms with Gasteiger partial charge >= 0.3 is 12.1 Å². The first-order valence-corrected chi connectivity index (χ1v) is 9.36. The van der Waals surface area contributed by atoms with Gasteiger partial charge in [-0.1, -0.05) is 12.1 Å². The van der Waals surface area contributed by atoms with Crippen LogP contribution in [0.15, 0.2) is 48.5 Å². The number of amidine groups is 1. The van der Waals surface area contributed by atoms with Gasteiger partial charge in [-0.2, -0.15) is 13.2 Å². The number of carbonyl (C=O) groups is 2. The van der Waals surface area contributed by atoms with Gasteiger partial charge in [0.1, 0.15) is 18.2 Å². The zero-order chi connectivity index (χ0) is 23.2. The van der Waals surface area contributed by atoms with Crippen LogP contribution < -0.4 is 15.4 Å². The van der Waals surface area contributed by atoms with Gasteiger partial charge < -0.3 is 20.3 Å². The molecule has 2 rings (SSSR count). The molecule has 0 aromatic heterocycles. The zero-order valence-corrected chi connectivity index (χ0v) is 17.1. The van der Waals surface area contributed by atoms with E-state index in [4.69, 9.17) is 15.9 Å². The Balaban J connectivity index is 2.18. The summed E-state index contributed by atoms with van der Waals surface area (Å²) in [6.07, 6.45) is -5.08. The number of benzene rings is 2. The molecule has 0 atom stereocenters. The third-order valence-electron chi connectivity index (χ3n) is 4.46. The van der Waals surface area contributed by atoms with E-state index >= 15 is 0 Å². The van der Waals surface area contributed by atoms with Gasteiger partial charge in [0.2, 0.25) is 0 Å². The highest BCUT2D eigenvalue weighted by atomic mass is 19.4. The van der Waals surface area contributed by atoms with Crippen molar-refractivity contribution >= 4 is 23.3 Å². The lowest BCUT2D eigenvalue weighted by atomic mass is 10.1. The summed E-state index contributed by atoms with van der Waals surface area (Å²) in [5.41, 5.74) is 6.09. The molecule has 0 heterocycles. The summed E-state index contributed by atoms with van der Waals surface area (Å²) in [5.74, 6) is -2.20. The van der Waals surface area contributed by atoms with Gasteiger partial charge in [0.05, 0.1) is 6.54 Å². The lowest BCUT2D eigenvalue weighted by Crippen LogP contribution is -2.43. The lowest BCUT2D eigenvalue weighted by molar-refractivity contribution is -0.170. The van der Waals surface area contributed by atoms with Gasteiger partial charge in [-0.25, -0.2) is 0 Å². The fourth-order valence-electron chi connectivity index (χ4n) is 2.66. The average molecular weight is 436 g/mol. The smallest absolute Gasteiger partial charge is 0.471 e. The Hall–Kier alpha value is -3.56. The first kappa shape index (κ1) is 23.7. The number of nitrogens with two attached hydrogens (primary N) is 1. The van der Waals surface area contributed by atoms with Crippen LogP contribution in [0.4, 0.5) is 18.9 Å². The summed E-state index contributed by atoms with van der Waals surface area (Å²) in [4.78, 5) is 26.1. The molecular weight excluding hydrogens is 413 g/mol. The van der Waals surface area contributed by atoms with Crippen molar-refractivity contribution in [3.8, 4) is 5.75 Å². The second kappa shape index (κ2) is 9.96. The molecule has 0 spiro atoms. The zero-order valence-electron chi connectivity index (χ0n) is 17.1. The number of nitrogens with zero attached hydrogens (tertiary/aromatic N) is 2. The molecular formula is C21H23F3N4O3. The molecule has 2 aromatic rings. The minimum atomic E-state index is -5.08. The SMILES string of the molecule is CCN(C)C(=O)c1ccc(N(CCOc2cccc(C(=N)N)c2)C(=O)C(F)(F)F)cc1. The van der Waals surface area contributed by atoms with Gasteiger partial charge in [0, 0.05) is 30.4 Å². The van der Waals surface area contributed by atoms with Crippen LogP contribution in [0.2, 0.25) is 0 Å². The maximum Gasteiger partial charge on any atom is 0.471 e. The Bertz CT molecular complexity index is 946. The van der Waals surface area contributed by atoms with Gasteiger partial charge in [0.15, 0.2) is 0 Å². The number of ether oxygens (including phenoxy) is 1. The summed E-state index contributed by atoms with van der Waals surface area (Å²) in [6.45, 7) is 1.65. The Labute approximate surface area is 177 Å². The van der Waals surface area contributed by atoms with E-state index in [9.17, 15) is 22.8 Å². The van der Waals surface area contributed by atoms with Crippen molar-refractivity contribution in [2.75, 3.05) is 31.6 Å². The van der Waals surface area contributed by atoms with Crippen LogP contribution in [0.1, 0.15) is 22.8 Å². The number of rotatable bonds is 8. The fourth-order valence-corrected chi connectivity index (χ4v) is 2.66. The van der Waals surface area contributed by atoms with E-state index in [0.717, 1.165) is 0 Å². The highest BCUT2D eigenvalue weighted by molar-refractivity contribution is 5.99. The maximum absolute atomic E-state index is 13.1. The van der Waals surface area contributed by atoms with Crippen molar-refractivity contribution in [2.45, 2.75) is 13.1 Å². The Kier molecular flexibility index (Phi) is 7.62. The van der Waals surface area contributed by atoms with Crippen molar-refractivity contribution in [3.63, 3.8) is 0 Å². The molecule has 7 nitrogen and oxygen atoms in total. The standard InChI is InChI=1S/C21H23F3N4O3/c1-3-27(2)19(29)14-7-9-16(10-8-14)28(20(30)21(22,23)24)11-12-31-17-6-4-5-15(13-17)18(25)26/h4-10,13H,3,11-12H2,1-2H3,(H3,25,26). The molecule has 3 N–H and O–H groups in total.